The first kappa shape index (κ1) is 17.0. The molecule has 1 fully saturated rings. The number of hydrogen-bond acceptors (Lipinski definition) is 4. The molecule has 1 N–H and O–H groups in total. The van der Waals surface area contributed by atoms with Crippen molar-refractivity contribution in [3.8, 4) is 0 Å². The van der Waals surface area contributed by atoms with Gasteiger partial charge in [-0.15, -0.1) is 0 Å². The Balaban J connectivity index is 1.77. The van der Waals surface area contributed by atoms with E-state index in [0.29, 0.717) is 23.7 Å². The topological polar surface area (TPSA) is 63.1 Å². The molecule has 1 atom stereocenters. The molecular formula is C19H20ClN5O. The lowest BCUT2D eigenvalue weighted by molar-refractivity contribution is 0.0636. The first-order valence-corrected chi connectivity index (χ1v) is 8.99. The van der Waals surface area contributed by atoms with Crippen molar-refractivity contribution in [2.75, 3.05) is 19.6 Å². The summed E-state index contributed by atoms with van der Waals surface area (Å²) in [7, 11) is 1.84. The van der Waals surface area contributed by atoms with E-state index >= 15 is 0 Å². The molecule has 3 aromatic rings. The van der Waals surface area contributed by atoms with Gasteiger partial charge < -0.3 is 10.2 Å². The zero-order valence-corrected chi connectivity index (χ0v) is 15.5. The number of halogens is 1. The number of benzene rings is 1. The molecule has 7 heteroatoms. The van der Waals surface area contributed by atoms with Crippen LogP contribution in [0.5, 0.6) is 0 Å². The summed E-state index contributed by atoms with van der Waals surface area (Å²) in [5.74, 6) is -0.0000227. The van der Waals surface area contributed by atoms with Gasteiger partial charge in [0.05, 0.1) is 23.2 Å². The Morgan fingerprint density at radius 3 is 3.00 bits per heavy atom. The minimum atomic E-state index is -0.0601. The van der Waals surface area contributed by atoms with Gasteiger partial charge in [0.25, 0.3) is 5.91 Å². The maximum atomic E-state index is 13.4. The number of aryl methyl sites for hydroxylation is 2. The summed E-state index contributed by atoms with van der Waals surface area (Å²) >= 11 is 6.17. The standard InChI is InChI=1S/C19H20ClN5O/c1-12-8-15(16-10-22-24(2)18(16)23-12)19(26)25-7-6-21-11-17(25)13-4-3-5-14(20)9-13/h3-5,8-10,17,21H,6-7,11H2,1-2H3. The average Bonchev–Trinajstić information content (AvgIpc) is 3.01. The maximum absolute atomic E-state index is 13.4. The van der Waals surface area contributed by atoms with Crippen LogP contribution in [0, 0.1) is 6.92 Å². The summed E-state index contributed by atoms with van der Waals surface area (Å²) in [6.45, 7) is 4.00. The number of hydrogen-bond donors (Lipinski definition) is 1. The van der Waals surface area contributed by atoms with Crippen molar-refractivity contribution in [2.45, 2.75) is 13.0 Å². The number of rotatable bonds is 2. The van der Waals surface area contributed by atoms with E-state index in [-0.39, 0.29) is 11.9 Å². The van der Waals surface area contributed by atoms with Gasteiger partial charge in [-0.05, 0) is 30.7 Å². The van der Waals surface area contributed by atoms with Crippen molar-refractivity contribution in [1.82, 2.24) is 25.0 Å². The third-order valence-electron chi connectivity index (χ3n) is 4.80. The van der Waals surface area contributed by atoms with Gasteiger partial charge in [0.15, 0.2) is 5.65 Å². The lowest BCUT2D eigenvalue weighted by atomic mass is 10.0. The van der Waals surface area contributed by atoms with E-state index in [1.54, 1.807) is 10.9 Å². The van der Waals surface area contributed by atoms with Crippen LogP contribution < -0.4 is 5.32 Å². The largest absolute Gasteiger partial charge is 0.329 e. The van der Waals surface area contributed by atoms with Gasteiger partial charge >= 0.3 is 0 Å². The highest BCUT2D eigenvalue weighted by Crippen LogP contribution is 2.28. The van der Waals surface area contributed by atoms with Gasteiger partial charge in [0.1, 0.15) is 0 Å². The van der Waals surface area contributed by atoms with E-state index < -0.39 is 0 Å². The van der Waals surface area contributed by atoms with Crippen LogP contribution in [0.15, 0.2) is 36.5 Å². The monoisotopic (exact) mass is 369 g/mol. The number of piperazine rings is 1. The quantitative estimate of drug-likeness (QED) is 0.754. The number of pyridine rings is 1. The summed E-state index contributed by atoms with van der Waals surface area (Å²) in [4.78, 5) is 19.9. The molecule has 1 amide bonds. The first-order valence-electron chi connectivity index (χ1n) is 8.61. The van der Waals surface area contributed by atoms with Gasteiger partial charge in [0.2, 0.25) is 0 Å². The fraction of sp³-hybridized carbons (Fsp3) is 0.316. The Morgan fingerprint density at radius 2 is 2.19 bits per heavy atom. The fourth-order valence-corrected chi connectivity index (χ4v) is 3.73. The van der Waals surface area contributed by atoms with Crippen molar-refractivity contribution in [3.63, 3.8) is 0 Å². The lowest BCUT2D eigenvalue weighted by Crippen LogP contribution is -2.48. The molecule has 1 aliphatic rings. The molecule has 1 aliphatic heterocycles. The number of nitrogens with one attached hydrogen (secondary N) is 1. The Labute approximate surface area is 156 Å². The number of nitrogens with zero attached hydrogens (tertiary/aromatic N) is 4. The smallest absolute Gasteiger partial charge is 0.255 e. The molecule has 134 valence electrons. The number of carbonyl (C=O) groups excluding carboxylic acids is 1. The molecule has 0 radical (unpaired) electrons. The molecule has 0 saturated carbocycles. The molecule has 1 aromatic carbocycles. The van der Waals surface area contributed by atoms with Crippen LogP contribution in [0.1, 0.15) is 27.7 Å². The van der Waals surface area contributed by atoms with E-state index in [9.17, 15) is 4.79 Å². The normalized spacial score (nSPS) is 17.7. The molecule has 26 heavy (non-hydrogen) atoms. The minimum absolute atomic E-state index is 0.0000227. The second-order valence-electron chi connectivity index (χ2n) is 6.59. The highest BCUT2D eigenvalue weighted by molar-refractivity contribution is 6.30. The second kappa shape index (κ2) is 6.70. The zero-order chi connectivity index (χ0) is 18.3. The van der Waals surface area contributed by atoms with Gasteiger partial charge in [-0.25, -0.2) is 4.98 Å². The third-order valence-corrected chi connectivity index (χ3v) is 5.04. The number of amides is 1. The molecule has 6 nitrogen and oxygen atoms in total. The van der Waals surface area contributed by atoms with Crippen molar-refractivity contribution >= 4 is 28.5 Å². The van der Waals surface area contributed by atoms with E-state index in [1.165, 1.54) is 0 Å². The third kappa shape index (κ3) is 2.95. The molecule has 0 aliphatic carbocycles. The molecule has 1 saturated heterocycles. The molecule has 2 aromatic heterocycles. The molecule has 0 bridgehead atoms. The van der Waals surface area contributed by atoms with Crippen LogP contribution in [0.25, 0.3) is 11.0 Å². The van der Waals surface area contributed by atoms with Crippen LogP contribution in [0.3, 0.4) is 0 Å². The summed E-state index contributed by atoms with van der Waals surface area (Å²) in [6.07, 6.45) is 1.71. The summed E-state index contributed by atoms with van der Waals surface area (Å²) in [5.41, 5.74) is 3.21. The Kier molecular flexibility index (Phi) is 4.38. The minimum Gasteiger partial charge on any atom is -0.329 e. The van der Waals surface area contributed by atoms with Crippen molar-refractivity contribution < 1.29 is 4.79 Å². The van der Waals surface area contributed by atoms with Gasteiger partial charge in [0, 0.05) is 37.4 Å². The van der Waals surface area contributed by atoms with Gasteiger partial charge in [-0.2, -0.15) is 5.10 Å². The van der Waals surface area contributed by atoms with Crippen molar-refractivity contribution in [3.05, 3.63) is 58.4 Å². The van der Waals surface area contributed by atoms with Gasteiger partial charge in [-0.1, -0.05) is 23.7 Å². The Hall–Kier alpha value is -2.44. The summed E-state index contributed by atoms with van der Waals surface area (Å²) in [6, 6.07) is 9.50. The molecular weight excluding hydrogens is 350 g/mol. The van der Waals surface area contributed by atoms with Crippen LogP contribution in [0.2, 0.25) is 5.02 Å². The highest BCUT2D eigenvalue weighted by atomic mass is 35.5. The van der Waals surface area contributed by atoms with Crippen LogP contribution >= 0.6 is 11.6 Å². The van der Waals surface area contributed by atoms with E-state index in [4.69, 9.17) is 11.6 Å². The molecule has 0 spiro atoms. The number of fused-ring (bicyclic) bond motifs is 1. The summed E-state index contributed by atoms with van der Waals surface area (Å²) < 4.78 is 1.70. The van der Waals surface area contributed by atoms with Crippen LogP contribution in [0.4, 0.5) is 0 Å². The summed E-state index contributed by atoms with van der Waals surface area (Å²) in [5, 5.41) is 9.10. The molecule has 1 unspecified atom stereocenters. The first-order chi connectivity index (χ1) is 12.5. The molecule has 4 rings (SSSR count). The van der Waals surface area contributed by atoms with Crippen LogP contribution in [-0.2, 0) is 7.05 Å². The Morgan fingerprint density at radius 1 is 1.35 bits per heavy atom. The van der Waals surface area contributed by atoms with Gasteiger partial charge in [-0.3, -0.25) is 9.48 Å². The number of carbonyl (C=O) groups is 1. The molecule has 3 heterocycles. The van der Waals surface area contributed by atoms with Crippen LogP contribution in [-0.4, -0.2) is 45.2 Å². The van der Waals surface area contributed by atoms with Crippen molar-refractivity contribution in [1.29, 1.82) is 0 Å². The zero-order valence-electron chi connectivity index (χ0n) is 14.7. The number of aromatic nitrogens is 3. The van der Waals surface area contributed by atoms with Crippen molar-refractivity contribution in [2.24, 2.45) is 7.05 Å². The second-order valence-corrected chi connectivity index (χ2v) is 7.03. The maximum Gasteiger partial charge on any atom is 0.255 e. The average molecular weight is 370 g/mol. The highest BCUT2D eigenvalue weighted by Gasteiger charge is 2.30. The van der Waals surface area contributed by atoms with E-state index in [2.05, 4.69) is 15.4 Å². The lowest BCUT2D eigenvalue weighted by Gasteiger charge is -2.36. The predicted molar refractivity (Wildman–Crippen MR) is 101 cm³/mol. The van der Waals surface area contributed by atoms with E-state index in [0.717, 1.165) is 28.8 Å². The Bertz CT molecular complexity index is 983. The predicted octanol–water partition coefficient (Wildman–Crippen LogP) is 2.72. The SMILES string of the molecule is Cc1cc(C(=O)N2CCNCC2c2cccc(Cl)c2)c2cnn(C)c2n1. The fourth-order valence-electron chi connectivity index (χ4n) is 3.53. The van der Waals surface area contributed by atoms with E-state index in [1.807, 2.05) is 49.2 Å².